The topological polar surface area (TPSA) is 78.9 Å². The highest BCUT2D eigenvalue weighted by Crippen LogP contribution is 2.41. The molecule has 0 N–H and O–H groups in total. The van der Waals surface area contributed by atoms with Crippen LogP contribution in [0.2, 0.25) is 0 Å². The lowest BCUT2D eigenvalue weighted by molar-refractivity contribution is -0.174. The van der Waals surface area contributed by atoms with Gasteiger partial charge in [-0.05, 0) is 23.6 Å². The van der Waals surface area contributed by atoms with Crippen molar-refractivity contribution >= 4 is 23.5 Å². The van der Waals surface area contributed by atoms with Gasteiger partial charge in [0.2, 0.25) is 5.41 Å². The van der Waals surface area contributed by atoms with Crippen molar-refractivity contribution < 1.29 is 28.6 Å². The SMILES string of the molecule is CCOC(=O)C1(C(=O)OCc2ccccc2)COC(=O)C=C1c1ccccc1. The minimum atomic E-state index is -1.87. The molecule has 0 saturated heterocycles. The summed E-state index contributed by atoms with van der Waals surface area (Å²) in [6.07, 6.45) is 1.15. The van der Waals surface area contributed by atoms with Gasteiger partial charge in [0, 0.05) is 6.08 Å². The second kappa shape index (κ2) is 8.52. The van der Waals surface area contributed by atoms with Gasteiger partial charge in [0.1, 0.15) is 13.2 Å². The lowest BCUT2D eigenvalue weighted by Crippen LogP contribution is -2.49. The van der Waals surface area contributed by atoms with Crippen molar-refractivity contribution in [2.24, 2.45) is 5.41 Å². The number of carbonyl (C=O) groups is 3. The highest BCUT2D eigenvalue weighted by Gasteiger charge is 2.56. The van der Waals surface area contributed by atoms with Crippen LogP contribution >= 0.6 is 0 Å². The number of rotatable bonds is 6. The largest absolute Gasteiger partial charge is 0.465 e. The third-order valence-corrected chi connectivity index (χ3v) is 4.42. The molecule has 0 amide bonds. The Morgan fingerprint density at radius 3 is 2.21 bits per heavy atom. The molecular weight excluding hydrogens is 360 g/mol. The van der Waals surface area contributed by atoms with Crippen LogP contribution in [0.25, 0.3) is 5.57 Å². The highest BCUT2D eigenvalue weighted by molar-refractivity contribution is 6.16. The molecule has 0 spiro atoms. The first kappa shape index (κ1) is 19.4. The van der Waals surface area contributed by atoms with E-state index in [4.69, 9.17) is 14.2 Å². The van der Waals surface area contributed by atoms with Gasteiger partial charge in [0.25, 0.3) is 0 Å². The molecule has 0 bridgehead atoms. The minimum absolute atomic E-state index is 0.0170. The van der Waals surface area contributed by atoms with Gasteiger partial charge in [-0.3, -0.25) is 9.59 Å². The first-order valence-electron chi connectivity index (χ1n) is 8.90. The van der Waals surface area contributed by atoms with Crippen LogP contribution in [0.1, 0.15) is 18.1 Å². The molecular formula is C22H20O6. The maximum absolute atomic E-state index is 13.1. The van der Waals surface area contributed by atoms with Crippen molar-refractivity contribution in [3.63, 3.8) is 0 Å². The summed E-state index contributed by atoms with van der Waals surface area (Å²) in [5.74, 6) is -2.26. The van der Waals surface area contributed by atoms with Crippen LogP contribution in [-0.2, 0) is 35.2 Å². The molecule has 1 heterocycles. The molecule has 2 aromatic carbocycles. The lowest BCUT2D eigenvalue weighted by atomic mass is 9.75. The predicted molar refractivity (Wildman–Crippen MR) is 101 cm³/mol. The van der Waals surface area contributed by atoms with Gasteiger partial charge in [-0.2, -0.15) is 0 Å². The number of cyclic esters (lactones) is 1. The first-order chi connectivity index (χ1) is 13.6. The summed E-state index contributed by atoms with van der Waals surface area (Å²) in [5.41, 5.74) is -0.349. The minimum Gasteiger partial charge on any atom is -0.465 e. The van der Waals surface area contributed by atoms with E-state index in [1.807, 2.05) is 18.2 Å². The fourth-order valence-corrected chi connectivity index (χ4v) is 3.01. The molecule has 0 aliphatic carbocycles. The van der Waals surface area contributed by atoms with Crippen LogP contribution in [0.3, 0.4) is 0 Å². The normalized spacial score (nSPS) is 18.6. The fourth-order valence-electron chi connectivity index (χ4n) is 3.01. The maximum atomic E-state index is 13.1. The molecule has 0 aromatic heterocycles. The summed E-state index contributed by atoms with van der Waals surface area (Å²) in [4.78, 5) is 38.0. The Hall–Kier alpha value is -3.41. The van der Waals surface area contributed by atoms with Gasteiger partial charge in [0.15, 0.2) is 0 Å². The Balaban J connectivity index is 2.00. The second-order valence-corrected chi connectivity index (χ2v) is 6.22. The summed E-state index contributed by atoms with van der Waals surface area (Å²) in [6.45, 7) is 1.22. The van der Waals surface area contributed by atoms with Gasteiger partial charge < -0.3 is 14.2 Å². The first-order valence-corrected chi connectivity index (χ1v) is 8.90. The number of ether oxygens (including phenoxy) is 3. The van der Waals surface area contributed by atoms with E-state index in [-0.39, 0.29) is 18.8 Å². The van der Waals surface area contributed by atoms with Gasteiger partial charge in [-0.1, -0.05) is 60.7 Å². The summed E-state index contributed by atoms with van der Waals surface area (Å²) in [7, 11) is 0. The molecule has 6 nitrogen and oxygen atoms in total. The van der Waals surface area contributed by atoms with E-state index in [0.29, 0.717) is 5.56 Å². The molecule has 1 aliphatic rings. The highest BCUT2D eigenvalue weighted by atomic mass is 16.6. The van der Waals surface area contributed by atoms with E-state index < -0.39 is 29.9 Å². The zero-order valence-corrected chi connectivity index (χ0v) is 15.4. The van der Waals surface area contributed by atoms with E-state index in [1.165, 1.54) is 0 Å². The predicted octanol–water partition coefficient (Wildman–Crippen LogP) is 2.92. The number of esters is 3. The van der Waals surface area contributed by atoms with E-state index in [9.17, 15) is 14.4 Å². The van der Waals surface area contributed by atoms with Crippen molar-refractivity contribution in [3.05, 3.63) is 77.9 Å². The van der Waals surface area contributed by atoms with Crippen molar-refractivity contribution in [1.82, 2.24) is 0 Å². The van der Waals surface area contributed by atoms with Crippen molar-refractivity contribution in [3.8, 4) is 0 Å². The Bertz CT molecular complexity index is 888. The average Bonchev–Trinajstić information content (AvgIpc) is 2.73. The number of hydrogen-bond donors (Lipinski definition) is 0. The average molecular weight is 380 g/mol. The Labute approximate surface area is 162 Å². The Kier molecular flexibility index (Phi) is 5.89. The summed E-state index contributed by atoms with van der Waals surface area (Å²) in [5, 5.41) is 0. The van der Waals surface area contributed by atoms with Crippen LogP contribution in [0.5, 0.6) is 0 Å². The third kappa shape index (κ3) is 3.81. The van der Waals surface area contributed by atoms with E-state index >= 15 is 0 Å². The Morgan fingerprint density at radius 1 is 0.964 bits per heavy atom. The molecule has 2 aromatic rings. The molecule has 6 heteroatoms. The standard InChI is InChI=1S/C22H20O6/c1-2-26-20(24)22(21(25)27-14-16-9-5-3-6-10-16)15-28-19(23)13-18(22)17-11-7-4-8-12-17/h3-13H,2,14-15H2,1H3. The zero-order chi connectivity index (χ0) is 20.0. The van der Waals surface area contributed by atoms with Gasteiger partial charge in [0.05, 0.1) is 6.61 Å². The van der Waals surface area contributed by atoms with Gasteiger partial charge in [-0.15, -0.1) is 0 Å². The lowest BCUT2D eigenvalue weighted by Gasteiger charge is -2.33. The Morgan fingerprint density at radius 2 is 1.57 bits per heavy atom. The summed E-state index contributed by atoms with van der Waals surface area (Å²) >= 11 is 0. The zero-order valence-electron chi connectivity index (χ0n) is 15.4. The maximum Gasteiger partial charge on any atom is 0.332 e. The van der Waals surface area contributed by atoms with Crippen LogP contribution < -0.4 is 0 Å². The van der Waals surface area contributed by atoms with Crippen LogP contribution in [0, 0.1) is 5.41 Å². The monoisotopic (exact) mass is 380 g/mol. The molecule has 3 rings (SSSR count). The molecule has 1 atom stereocenters. The van der Waals surface area contributed by atoms with Crippen molar-refractivity contribution in [1.29, 1.82) is 0 Å². The molecule has 144 valence electrons. The quantitative estimate of drug-likeness (QED) is 0.436. The molecule has 0 saturated carbocycles. The van der Waals surface area contributed by atoms with Crippen LogP contribution in [0.15, 0.2) is 66.7 Å². The summed E-state index contributed by atoms with van der Waals surface area (Å²) < 4.78 is 15.7. The van der Waals surface area contributed by atoms with E-state index in [1.54, 1.807) is 49.4 Å². The van der Waals surface area contributed by atoms with E-state index in [2.05, 4.69) is 0 Å². The number of hydrogen-bond acceptors (Lipinski definition) is 6. The molecule has 0 fully saturated rings. The number of carbonyl (C=O) groups excluding carboxylic acids is 3. The van der Waals surface area contributed by atoms with Crippen molar-refractivity contribution in [2.75, 3.05) is 13.2 Å². The van der Waals surface area contributed by atoms with Gasteiger partial charge in [-0.25, -0.2) is 4.79 Å². The van der Waals surface area contributed by atoms with Crippen LogP contribution in [0.4, 0.5) is 0 Å². The summed E-state index contributed by atoms with van der Waals surface area (Å²) in [6, 6.07) is 17.8. The molecule has 0 radical (unpaired) electrons. The van der Waals surface area contributed by atoms with Gasteiger partial charge >= 0.3 is 17.9 Å². The van der Waals surface area contributed by atoms with E-state index in [0.717, 1.165) is 11.6 Å². The smallest absolute Gasteiger partial charge is 0.332 e. The van der Waals surface area contributed by atoms with Crippen molar-refractivity contribution in [2.45, 2.75) is 13.5 Å². The van der Waals surface area contributed by atoms with Crippen LogP contribution in [-0.4, -0.2) is 31.1 Å². The molecule has 1 unspecified atom stereocenters. The third-order valence-electron chi connectivity index (χ3n) is 4.42. The molecule has 28 heavy (non-hydrogen) atoms. The second-order valence-electron chi connectivity index (χ2n) is 6.22. The molecule has 1 aliphatic heterocycles. The fraction of sp³-hybridized carbons (Fsp3) is 0.227. The number of benzene rings is 2.